The van der Waals surface area contributed by atoms with E-state index in [1.807, 2.05) is 38.1 Å². The predicted molar refractivity (Wildman–Crippen MR) is 137 cm³/mol. The molecule has 0 saturated carbocycles. The number of hydrogen-bond donors (Lipinski definition) is 0. The van der Waals surface area contributed by atoms with Crippen LogP contribution in [0.1, 0.15) is 39.0 Å². The molecular weight excluding hydrogens is 480 g/mol. The number of benzene rings is 1. The van der Waals surface area contributed by atoms with Gasteiger partial charge in [-0.15, -0.1) is 4.31 Å². The standard InChI is InChI=1S/C26H32N4O5S/c1-17(2)14-20-9-11-21(12-10-20)23-22(8-7-13-27-23)36(32,33)30(26(31)35-16-18(3)4)24-25(34-6)29-19(5)15-28-24/h7-13,15,17-18H,14,16H2,1-6H3. The number of carbonyl (C=O) groups is 1. The third kappa shape index (κ3) is 6.17. The molecule has 0 N–H and O–H groups in total. The van der Waals surface area contributed by atoms with Crippen molar-refractivity contribution in [2.45, 2.75) is 45.9 Å². The van der Waals surface area contributed by atoms with Gasteiger partial charge in [0.2, 0.25) is 5.82 Å². The number of aryl methyl sites for hydroxylation is 1. The third-order valence-corrected chi connectivity index (χ3v) is 6.78. The molecule has 9 nitrogen and oxygen atoms in total. The maximum atomic E-state index is 14.0. The fourth-order valence-corrected chi connectivity index (χ4v) is 4.97. The van der Waals surface area contributed by atoms with Gasteiger partial charge in [0.1, 0.15) is 4.90 Å². The molecule has 0 fully saturated rings. The molecule has 0 radical (unpaired) electrons. The SMILES string of the molecule is COc1nc(C)cnc1N(C(=O)OCC(C)C)S(=O)(=O)c1cccnc1-c1ccc(CC(C)C)cc1. The summed E-state index contributed by atoms with van der Waals surface area (Å²) in [4.78, 5) is 25.7. The molecule has 3 aromatic rings. The van der Waals surface area contributed by atoms with E-state index in [2.05, 4.69) is 28.8 Å². The molecule has 0 aliphatic carbocycles. The van der Waals surface area contributed by atoms with Crippen LogP contribution in [0.5, 0.6) is 5.88 Å². The smallest absolute Gasteiger partial charge is 0.430 e. The van der Waals surface area contributed by atoms with Crippen molar-refractivity contribution < 1.29 is 22.7 Å². The summed E-state index contributed by atoms with van der Waals surface area (Å²) in [5, 5.41) is 0. The van der Waals surface area contributed by atoms with Crippen molar-refractivity contribution in [2.75, 3.05) is 18.0 Å². The van der Waals surface area contributed by atoms with Crippen molar-refractivity contribution in [1.82, 2.24) is 15.0 Å². The van der Waals surface area contributed by atoms with Crippen LogP contribution in [0.25, 0.3) is 11.3 Å². The minimum absolute atomic E-state index is 0.0113. The van der Waals surface area contributed by atoms with Gasteiger partial charge in [0.25, 0.3) is 15.9 Å². The Morgan fingerprint density at radius 3 is 2.33 bits per heavy atom. The molecule has 0 spiro atoms. The first-order chi connectivity index (χ1) is 17.0. The topological polar surface area (TPSA) is 112 Å². The fraction of sp³-hybridized carbons (Fsp3) is 0.385. The lowest BCUT2D eigenvalue weighted by Crippen LogP contribution is -2.39. The Morgan fingerprint density at radius 2 is 1.72 bits per heavy atom. The van der Waals surface area contributed by atoms with Crippen molar-refractivity contribution in [3.8, 4) is 17.1 Å². The second-order valence-electron chi connectivity index (χ2n) is 9.23. The Hall–Kier alpha value is -3.53. The molecule has 1 aromatic carbocycles. The molecule has 0 unspecified atom stereocenters. The Balaban J connectivity index is 2.15. The van der Waals surface area contributed by atoms with E-state index >= 15 is 0 Å². The van der Waals surface area contributed by atoms with Crippen LogP contribution in [0, 0.1) is 18.8 Å². The highest BCUT2D eigenvalue weighted by molar-refractivity contribution is 7.93. The maximum absolute atomic E-state index is 14.0. The summed E-state index contributed by atoms with van der Waals surface area (Å²) in [5.41, 5.74) is 2.42. The number of hydrogen-bond acceptors (Lipinski definition) is 8. The number of rotatable bonds is 9. The van der Waals surface area contributed by atoms with Crippen molar-refractivity contribution in [1.29, 1.82) is 0 Å². The number of nitrogens with zero attached hydrogens (tertiary/aromatic N) is 4. The van der Waals surface area contributed by atoms with E-state index in [0.717, 1.165) is 12.0 Å². The molecule has 0 atom stereocenters. The first-order valence-electron chi connectivity index (χ1n) is 11.7. The van der Waals surface area contributed by atoms with Crippen LogP contribution >= 0.6 is 0 Å². The van der Waals surface area contributed by atoms with Gasteiger partial charge in [0.05, 0.1) is 31.3 Å². The average Bonchev–Trinajstić information content (AvgIpc) is 2.83. The highest BCUT2D eigenvalue weighted by Crippen LogP contribution is 2.33. The lowest BCUT2D eigenvalue weighted by atomic mass is 10.0. The monoisotopic (exact) mass is 512 g/mol. The van der Waals surface area contributed by atoms with Crippen molar-refractivity contribution in [2.24, 2.45) is 11.8 Å². The van der Waals surface area contributed by atoms with E-state index < -0.39 is 16.1 Å². The molecule has 192 valence electrons. The number of carbonyl (C=O) groups excluding carboxylic acids is 1. The first-order valence-corrected chi connectivity index (χ1v) is 13.1. The number of amides is 1. The molecule has 0 aliphatic heterocycles. The second kappa shape index (κ2) is 11.5. The van der Waals surface area contributed by atoms with Crippen molar-refractivity contribution in [3.05, 3.63) is 60.0 Å². The number of aromatic nitrogens is 3. The average molecular weight is 513 g/mol. The van der Waals surface area contributed by atoms with Crippen LogP contribution in [0.3, 0.4) is 0 Å². The Kier molecular flexibility index (Phi) is 8.62. The number of anilines is 1. The molecular formula is C26H32N4O5S. The van der Waals surface area contributed by atoms with Gasteiger partial charge in [-0.3, -0.25) is 4.98 Å². The predicted octanol–water partition coefficient (Wildman–Crippen LogP) is 5.04. The molecule has 0 bridgehead atoms. The van der Waals surface area contributed by atoms with Gasteiger partial charge in [-0.05, 0) is 42.9 Å². The highest BCUT2D eigenvalue weighted by atomic mass is 32.2. The lowest BCUT2D eigenvalue weighted by molar-refractivity contribution is 0.143. The van der Waals surface area contributed by atoms with E-state index in [0.29, 0.717) is 21.5 Å². The molecule has 2 aromatic heterocycles. The van der Waals surface area contributed by atoms with Gasteiger partial charge in [-0.2, -0.15) is 0 Å². The quantitative estimate of drug-likeness (QED) is 0.392. The maximum Gasteiger partial charge on any atom is 0.430 e. The van der Waals surface area contributed by atoms with E-state index in [1.54, 1.807) is 6.92 Å². The number of sulfonamides is 1. The van der Waals surface area contributed by atoms with Crippen LogP contribution in [0.15, 0.2) is 53.7 Å². The van der Waals surface area contributed by atoms with Gasteiger partial charge < -0.3 is 9.47 Å². The highest BCUT2D eigenvalue weighted by Gasteiger charge is 2.38. The van der Waals surface area contributed by atoms with E-state index in [4.69, 9.17) is 9.47 Å². The largest absolute Gasteiger partial charge is 0.478 e. The van der Waals surface area contributed by atoms with Crippen molar-refractivity contribution >= 4 is 21.9 Å². The van der Waals surface area contributed by atoms with Crippen LogP contribution in [-0.4, -0.2) is 43.2 Å². The zero-order chi connectivity index (χ0) is 26.5. The summed E-state index contributed by atoms with van der Waals surface area (Å²) >= 11 is 0. The molecule has 36 heavy (non-hydrogen) atoms. The Labute approximate surface area is 212 Å². The van der Waals surface area contributed by atoms with Crippen molar-refractivity contribution in [3.63, 3.8) is 0 Å². The van der Waals surface area contributed by atoms with Crippen LogP contribution in [-0.2, 0) is 21.2 Å². The minimum Gasteiger partial charge on any atom is -0.478 e. The lowest BCUT2D eigenvalue weighted by Gasteiger charge is -2.23. The normalized spacial score (nSPS) is 11.6. The van der Waals surface area contributed by atoms with Gasteiger partial charge >= 0.3 is 6.09 Å². The van der Waals surface area contributed by atoms with Crippen LogP contribution in [0.2, 0.25) is 0 Å². The Morgan fingerprint density at radius 1 is 1.03 bits per heavy atom. The fourth-order valence-electron chi connectivity index (χ4n) is 3.50. The molecule has 0 aliphatic rings. The van der Waals surface area contributed by atoms with E-state index in [-0.39, 0.29) is 34.8 Å². The number of ether oxygens (including phenoxy) is 2. The second-order valence-corrected chi connectivity index (χ2v) is 11.0. The molecule has 3 rings (SSSR count). The molecule has 10 heteroatoms. The summed E-state index contributed by atoms with van der Waals surface area (Å²) in [6.07, 6.45) is 2.65. The number of pyridine rings is 1. The summed E-state index contributed by atoms with van der Waals surface area (Å²) in [5.74, 6) is 0.0583. The zero-order valence-corrected chi connectivity index (χ0v) is 22.2. The summed E-state index contributed by atoms with van der Waals surface area (Å²) in [6.45, 7) is 9.65. The first kappa shape index (κ1) is 27.1. The van der Waals surface area contributed by atoms with E-state index in [9.17, 15) is 13.2 Å². The van der Waals surface area contributed by atoms with Gasteiger partial charge in [-0.1, -0.05) is 52.0 Å². The summed E-state index contributed by atoms with van der Waals surface area (Å²) in [6, 6.07) is 10.4. The van der Waals surface area contributed by atoms with E-state index in [1.165, 1.54) is 31.6 Å². The zero-order valence-electron chi connectivity index (χ0n) is 21.4. The van der Waals surface area contributed by atoms with Gasteiger partial charge in [0, 0.05) is 11.8 Å². The summed E-state index contributed by atoms with van der Waals surface area (Å²) in [7, 11) is -3.22. The number of methoxy groups -OCH3 is 1. The van der Waals surface area contributed by atoms with Crippen LogP contribution in [0.4, 0.5) is 10.6 Å². The third-order valence-electron chi connectivity index (χ3n) is 5.09. The summed E-state index contributed by atoms with van der Waals surface area (Å²) < 4.78 is 39.2. The molecule has 2 heterocycles. The van der Waals surface area contributed by atoms with Crippen LogP contribution < -0.4 is 9.04 Å². The Bertz CT molecular complexity index is 1310. The van der Waals surface area contributed by atoms with Gasteiger partial charge in [0.15, 0.2) is 0 Å². The minimum atomic E-state index is -4.54. The van der Waals surface area contributed by atoms with Gasteiger partial charge in [-0.25, -0.2) is 23.2 Å². The molecule has 1 amide bonds. The molecule has 0 saturated heterocycles.